The van der Waals surface area contributed by atoms with Crippen LogP contribution in [-0.2, 0) is 6.54 Å². The molecule has 0 aliphatic rings. The zero-order valence-corrected chi connectivity index (χ0v) is 13.6. The minimum Gasteiger partial charge on any atom is -0.292 e. The molecule has 0 saturated heterocycles. The minimum absolute atomic E-state index is 0.160. The summed E-state index contributed by atoms with van der Waals surface area (Å²) in [6.07, 6.45) is 0. The summed E-state index contributed by atoms with van der Waals surface area (Å²) in [6, 6.07) is 6.68. The van der Waals surface area contributed by atoms with Gasteiger partial charge in [0, 0.05) is 22.6 Å². The Kier molecular flexibility index (Phi) is 5.06. The van der Waals surface area contributed by atoms with Gasteiger partial charge in [0.15, 0.2) is 0 Å². The average molecular weight is 319 g/mol. The summed E-state index contributed by atoms with van der Waals surface area (Å²) in [5.74, 6) is 0. The summed E-state index contributed by atoms with van der Waals surface area (Å²) in [5.41, 5.74) is 1.41. The van der Waals surface area contributed by atoms with Crippen LogP contribution in [0, 0.1) is 0 Å². The van der Waals surface area contributed by atoms with Crippen molar-refractivity contribution in [3.8, 4) is 0 Å². The highest BCUT2D eigenvalue weighted by atomic mass is 79.9. The lowest BCUT2D eigenvalue weighted by Gasteiger charge is -2.39. The third-order valence-electron chi connectivity index (χ3n) is 2.82. The molecule has 0 saturated carbocycles. The lowest BCUT2D eigenvalue weighted by Crippen LogP contribution is -2.45. The molecule has 0 amide bonds. The Bertz CT molecular complexity index is 382. The molecular formula is C14H21BrClN. The standard InChI is InChI=1S/C14H21BrClN/c1-10(2)17(14(3,4)5)9-11-6-7-12(15)13(16)8-11/h6-8,10H,9H2,1-5H3. The monoisotopic (exact) mass is 317 g/mol. The highest BCUT2D eigenvalue weighted by Gasteiger charge is 2.23. The minimum atomic E-state index is 0.160. The molecule has 0 unspecified atom stereocenters. The number of rotatable bonds is 3. The second-order valence-corrected chi connectivity index (χ2v) is 6.90. The summed E-state index contributed by atoms with van der Waals surface area (Å²) < 4.78 is 0.953. The molecule has 0 aliphatic heterocycles. The van der Waals surface area contributed by atoms with Crippen LogP contribution in [0.4, 0.5) is 0 Å². The van der Waals surface area contributed by atoms with Crippen LogP contribution < -0.4 is 0 Å². The van der Waals surface area contributed by atoms with Gasteiger partial charge in [0.1, 0.15) is 0 Å². The zero-order chi connectivity index (χ0) is 13.2. The van der Waals surface area contributed by atoms with Crippen LogP contribution in [0.15, 0.2) is 22.7 Å². The molecule has 0 N–H and O–H groups in total. The molecule has 0 atom stereocenters. The van der Waals surface area contributed by atoms with Crippen LogP contribution in [0.2, 0.25) is 5.02 Å². The summed E-state index contributed by atoms with van der Waals surface area (Å²) in [5, 5.41) is 0.778. The Morgan fingerprint density at radius 3 is 2.29 bits per heavy atom. The van der Waals surface area contributed by atoms with Crippen LogP contribution >= 0.6 is 27.5 Å². The molecular weight excluding hydrogens is 298 g/mol. The first-order chi connectivity index (χ1) is 7.71. The number of nitrogens with zero attached hydrogens (tertiary/aromatic N) is 1. The van der Waals surface area contributed by atoms with Crippen LogP contribution in [0.25, 0.3) is 0 Å². The summed E-state index contributed by atoms with van der Waals surface area (Å²) >= 11 is 9.54. The van der Waals surface area contributed by atoms with Crippen molar-refractivity contribution in [2.24, 2.45) is 0 Å². The molecule has 0 aliphatic carbocycles. The third kappa shape index (κ3) is 4.27. The van der Waals surface area contributed by atoms with E-state index in [1.54, 1.807) is 0 Å². The maximum atomic E-state index is 6.13. The Morgan fingerprint density at radius 2 is 1.88 bits per heavy atom. The first-order valence-corrected chi connectivity index (χ1v) is 7.09. The van der Waals surface area contributed by atoms with Gasteiger partial charge in [0.05, 0.1) is 5.02 Å². The highest BCUT2D eigenvalue weighted by Crippen LogP contribution is 2.26. The molecule has 0 heterocycles. The third-order valence-corrected chi connectivity index (χ3v) is 4.05. The molecule has 1 rings (SSSR count). The second-order valence-electron chi connectivity index (χ2n) is 5.64. The van der Waals surface area contributed by atoms with Gasteiger partial charge in [-0.3, -0.25) is 4.90 Å². The van der Waals surface area contributed by atoms with Gasteiger partial charge in [-0.25, -0.2) is 0 Å². The van der Waals surface area contributed by atoms with Crippen molar-refractivity contribution in [2.75, 3.05) is 0 Å². The first-order valence-electron chi connectivity index (χ1n) is 5.92. The summed E-state index contributed by atoms with van der Waals surface area (Å²) in [4.78, 5) is 2.46. The van der Waals surface area contributed by atoms with Gasteiger partial charge in [-0.15, -0.1) is 0 Å². The van der Waals surface area contributed by atoms with Crippen molar-refractivity contribution in [2.45, 2.75) is 52.7 Å². The molecule has 96 valence electrons. The summed E-state index contributed by atoms with van der Waals surface area (Å²) in [6.45, 7) is 12.1. The van der Waals surface area contributed by atoms with Crippen molar-refractivity contribution in [3.05, 3.63) is 33.3 Å². The van der Waals surface area contributed by atoms with E-state index in [-0.39, 0.29) is 5.54 Å². The predicted octanol–water partition coefficient (Wildman–Crippen LogP) is 5.11. The van der Waals surface area contributed by atoms with Crippen LogP contribution in [-0.4, -0.2) is 16.5 Å². The Balaban J connectivity index is 2.91. The van der Waals surface area contributed by atoms with Crippen LogP contribution in [0.1, 0.15) is 40.2 Å². The van der Waals surface area contributed by atoms with E-state index in [0.29, 0.717) is 6.04 Å². The van der Waals surface area contributed by atoms with E-state index in [1.807, 2.05) is 12.1 Å². The normalized spacial score (nSPS) is 12.5. The van der Waals surface area contributed by atoms with Crippen molar-refractivity contribution in [3.63, 3.8) is 0 Å². The van der Waals surface area contributed by atoms with E-state index < -0.39 is 0 Å². The largest absolute Gasteiger partial charge is 0.292 e. The molecule has 1 aromatic rings. The molecule has 3 heteroatoms. The van der Waals surface area contributed by atoms with E-state index in [1.165, 1.54) is 5.56 Å². The Hall–Kier alpha value is -0.0500. The molecule has 0 aromatic heterocycles. The first kappa shape index (κ1) is 15.0. The maximum absolute atomic E-state index is 6.13. The molecule has 0 radical (unpaired) electrons. The zero-order valence-electron chi connectivity index (χ0n) is 11.2. The number of hydrogen-bond donors (Lipinski definition) is 0. The van der Waals surface area contributed by atoms with E-state index in [0.717, 1.165) is 16.0 Å². The lowest BCUT2D eigenvalue weighted by atomic mass is 10.0. The molecule has 1 aromatic carbocycles. The molecule has 0 bridgehead atoms. The van der Waals surface area contributed by atoms with Gasteiger partial charge in [-0.1, -0.05) is 17.7 Å². The fourth-order valence-corrected chi connectivity index (χ4v) is 2.48. The van der Waals surface area contributed by atoms with Crippen LogP contribution in [0.5, 0.6) is 0 Å². The Labute approximate surface area is 118 Å². The number of halogens is 2. The lowest BCUT2D eigenvalue weighted by molar-refractivity contribution is 0.0901. The van der Waals surface area contributed by atoms with Crippen molar-refractivity contribution < 1.29 is 0 Å². The van der Waals surface area contributed by atoms with Gasteiger partial charge in [0.25, 0.3) is 0 Å². The summed E-state index contributed by atoms with van der Waals surface area (Å²) in [7, 11) is 0. The Morgan fingerprint density at radius 1 is 1.29 bits per heavy atom. The van der Waals surface area contributed by atoms with Gasteiger partial charge in [0.2, 0.25) is 0 Å². The van der Waals surface area contributed by atoms with Crippen LogP contribution in [0.3, 0.4) is 0 Å². The smallest absolute Gasteiger partial charge is 0.0551 e. The van der Waals surface area contributed by atoms with E-state index in [2.05, 4.69) is 61.5 Å². The topological polar surface area (TPSA) is 3.24 Å². The fourth-order valence-electron chi connectivity index (χ4n) is 2.03. The number of benzene rings is 1. The van der Waals surface area contributed by atoms with Crippen molar-refractivity contribution >= 4 is 27.5 Å². The number of hydrogen-bond acceptors (Lipinski definition) is 1. The predicted molar refractivity (Wildman–Crippen MR) is 79.6 cm³/mol. The van der Waals surface area contributed by atoms with Gasteiger partial charge < -0.3 is 0 Å². The van der Waals surface area contributed by atoms with Gasteiger partial charge in [-0.05, 0) is 68.2 Å². The molecule has 0 spiro atoms. The molecule has 1 nitrogen and oxygen atoms in total. The SMILES string of the molecule is CC(C)N(Cc1ccc(Br)c(Cl)c1)C(C)(C)C. The average Bonchev–Trinajstić information content (AvgIpc) is 2.17. The molecule has 17 heavy (non-hydrogen) atoms. The van der Waals surface area contributed by atoms with Gasteiger partial charge in [-0.2, -0.15) is 0 Å². The van der Waals surface area contributed by atoms with E-state index in [9.17, 15) is 0 Å². The van der Waals surface area contributed by atoms with E-state index >= 15 is 0 Å². The van der Waals surface area contributed by atoms with Crippen molar-refractivity contribution in [1.29, 1.82) is 0 Å². The maximum Gasteiger partial charge on any atom is 0.0551 e. The van der Waals surface area contributed by atoms with Gasteiger partial charge >= 0.3 is 0 Å². The van der Waals surface area contributed by atoms with E-state index in [4.69, 9.17) is 11.6 Å². The van der Waals surface area contributed by atoms with Crippen molar-refractivity contribution in [1.82, 2.24) is 4.90 Å². The fraction of sp³-hybridized carbons (Fsp3) is 0.571. The molecule has 0 fully saturated rings. The highest BCUT2D eigenvalue weighted by molar-refractivity contribution is 9.10. The second kappa shape index (κ2) is 5.73. The quantitative estimate of drug-likeness (QED) is 0.748.